The van der Waals surface area contributed by atoms with Gasteiger partial charge >= 0.3 is 0 Å². The van der Waals surface area contributed by atoms with Gasteiger partial charge in [0.2, 0.25) is 0 Å². The summed E-state index contributed by atoms with van der Waals surface area (Å²) in [6.07, 6.45) is 12.3. The molecule has 0 radical (unpaired) electrons. The van der Waals surface area contributed by atoms with Crippen LogP contribution in [0.1, 0.15) is 99.5 Å². The number of hydrogen-bond acceptors (Lipinski definition) is 0. The van der Waals surface area contributed by atoms with E-state index < -0.39 is 0 Å². The number of benzene rings is 1. The summed E-state index contributed by atoms with van der Waals surface area (Å²) >= 11 is 0. The summed E-state index contributed by atoms with van der Waals surface area (Å²) in [6.45, 7) is 13.3. The molecule has 4 aliphatic carbocycles. The number of rotatable bonds is 4. The van der Waals surface area contributed by atoms with Crippen molar-refractivity contribution < 1.29 is 0 Å². The Labute approximate surface area is 171 Å². The van der Waals surface area contributed by atoms with E-state index in [0.29, 0.717) is 0 Å². The summed E-state index contributed by atoms with van der Waals surface area (Å²) in [7, 11) is 0. The van der Waals surface area contributed by atoms with Gasteiger partial charge in [-0.15, -0.1) is 0 Å². The molecule has 0 heteroatoms. The van der Waals surface area contributed by atoms with E-state index in [9.17, 15) is 0 Å². The van der Waals surface area contributed by atoms with Crippen LogP contribution in [0.3, 0.4) is 0 Å². The molecule has 4 aliphatic rings. The van der Waals surface area contributed by atoms with Crippen molar-refractivity contribution in [1.82, 2.24) is 0 Å². The molecule has 1 aromatic rings. The van der Waals surface area contributed by atoms with Gasteiger partial charge in [-0.3, -0.25) is 0 Å². The molecule has 4 fully saturated rings. The summed E-state index contributed by atoms with van der Waals surface area (Å²) < 4.78 is 0. The Morgan fingerprint density at radius 2 is 1.22 bits per heavy atom. The first-order valence-electron chi connectivity index (χ1n) is 11.5. The smallest absolute Gasteiger partial charge is 0.0256 e. The first kappa shape index (κ1) is 24.3. The van der Waals surface area contributed by atoms with Crippen molar-refractivity contribution in [1.29, 1.82) is 0 Å². The SMILES string of the molecule is C.CC.CC(C)CC12CC3CC(CC(C3)C1)C2.CC(C)Cc1ccccc1. The van der Waals surface area contributed by atoms with Crippen LogP contribution in [0.4, 0.5) is 0 Å². The minimum Gasteiger partial charge on any atom is -0.0776 e. The highest BCUT2D eigenvalue weighted by atomic mass is 14.6. The van der Waals surface area contributed by atoms with Crippen LogP contribution in [0.5, 0.6) is 0 Å². The average Bonchev–Trinajstić information content (AvgIpc) is 2.55. The van der Waals surface area contributed by atoms with Crippen molar-refractivity contribution >= 4 is 0 Å². The predicted octanol–water partition coefficient (Wildman–Crippen LogP) is 8.80. The van der Waals surface area contributed by atoms with E-state index >= 15 is 0 Å². The van der Waals surface area contributed by atoms with Crippen molar-refractivity contribution in [2.24, 2.45) is 35.0 Å². The standard InChI is InChI=1S/C14H24.C10H14.C2H6.CH4/c1-10(2)6-14-7-11-3-12(8-14)5-13(4-11)9-14;1-9(2)8-10-6-4-3-5-7-10;1-2;/h10-13H,3-9H2,1-2H3;3-7,9H,8H2,1-2H3;1-2H3;1H4. The molecule has 0 amide bonds. The van der Waals surface area contributed by atoms with Gasteiger partial charge in [-0.2, -0.15) is 0 Å². The van der Waals surface area contributed by atoms with Crippen LogP contribution in [0.25, 0.3) is 0 Å². The molecule has 0 nitrogen and oxygen atoms in total. The summed E-state index contributed by atoms with van der Waals surface area (Å²) in [5.41, 5.74) is 2.26. The molecule has 5 rings (SSSR count). The van der Waals surface area contributed by atoms with Crippen molar-refractivity contribution in [3.63, 3.8) is 0 Å². The van der Waals surface area contributed by atoms with Crippen LogP contribution in [0.2, 0.25) is 0 Å². The van der Waals surface area contributed by atoms with Gasteiger partial charge in [-0.25, -0.2) is 0 Å². The lowest BCUT2D eigenvalue weighted by molar-refractivity contribution is -0.0632. The molecular weight excluding hydrogens is 324 g/mol. The van der Waals surface area contributed by atoms with E-state index in [1.54, 1.807) is 38.5 Å². The molecule has 156 valence electrons. The van der Waals surface area contributed by atoms with E-state index in [2.05, 4.69) is 58.0 Å². The van der Waals surface area contributed by atoms with Crippen LogP contribution in [-0.4, -0.2) is 0 Å². The Kier molecular flexibility index (Phi) is 10.1. The lowest BCUT2D eigenvalue weighted by Gasteiger charge is -2.57. The highest BCUT2D eigenvalue weighted by Crippen LogP contribution is 2.61. The maximum absolute atomic E-state index is 2.42. The maximum Gasteiger partial charge on any atom is -0.0256 e. The summed E-state index contributed by atoms with van der Waals surface area (Å²) in [5.74, 6) is 5.11. The summed E-state index contributed by atoms with van der Waals surface area (Å²) in [5, 5.41) is 0. The molecular formula is C27H48. The zero-order valence-electron chi connectivity index (χ0n) is 18.4. The van der Waals surface area contributed by atoms with Gasteiger partial charge < -0.3 is 0 Å². The second kappa shape index (κ2) is 11.3. The second-order valence-electron chi connectivity index (χ2n) is 10.1. The molecule has 0 spiro atoms. The van der Waals surface area contributed by atoms with Crippen LogP contribution in [0.15, 0.2) is 30.3 Å². The molecule has 0 aliphatic heterocycles. The van der Waals surface area contributed by atoms with Gasteiger partial charge in [0.25, 0.3) is 0 Å². The minimum atomic E-state index is 0. The molecule has 4 saturated carbocycles. The van der Waals surface area contributed by atoms with Crippen LogP contribution < -0.4 is 0 Å². The van der Waals surface area contributed by atoms with Crippen LogP contribution in [-0.2, 0) is 6.42 Å². The fraction of sp³-hybridized carbons (Fsp3) is 0.778. The van der Waals surface area contributed by atoms with Crippen molar-refractivity contribution in [2.75, 3.05) is 0 Å². The van der Waals surface area contributed by atoms with Gasteiger partial charge in [0.05, 0.1) is 0 Å². The van der Waals surface area contributed by atoms with E-state index in [1.807, 2.05) is 13.8 Å². The average molecular weight is 373 g/mol. The highest BCUT2D eigenvalue weighted by molar-refractivity contribution is 5.14. The zero-order chi connectivity index (χ0) is 19.2. The molecule has 4 bridgehead atoms. The topological polar surface area (TPSA) is 0 Å². The first-order valence-corrected chi connectivity index (χ1v) is 11.5. The zero-order valence-corrected chi connectivity index (χ0v) is 18.4. The monoisotopic (exact) mass is 372 g/mol. The Morgan fingerprint density at radius 1 is 0.778 bits per heavy atom. The van der Waals surface area contributed by atoms with Gasteiger partial charge in [0.15, 0.2) is 0 Å². The van der Waals surface area contributed by atoms with Crippen molar-refractivity contribution in [3.05, 3.63) is 35.9 Å². The molecule has 0 unspecified atom stereocenters. The Hall–Kier alpha value is -0.780. The molecule has 0 aromatic heterocycles. The largest absolute Gasteiger partial charge is 0.0776 e. The van der Waals surface area contributed by atoms with E-state index in [4.69, 9.17) is 0 Å². The summed E-state index contributed by atoms with van der Waals surface area (Å²) in [4.78, 5) is 0. The molecule has 0 heterocycles. The van der Waals surface area contributed by atoms with E-state index in [1.165, 1.54) is 18.4 Å². The van der Waals surface area contributed by atoms with Crippen molar-refractivity contribution in [3.8, 4) is 0 Å². The fourth-order valence-corrected chi connectivity index (χ4v) is 6.49. The number of hydrogen-bond donors (Lipinski definition) is 0. The Morgan fingerprint density at radius 3 is 1.59 bits per heavy atom. The molecule has 0 saturated heterocycles. The lowest BCUT2D eigenvalue weighted by atomic mass is 9.48. The second-order valence-corrected chi connectivity index (χ2v) is 10.1. The third-order valence-electron chi connectivity index (χ3n) is 6.49. The first-order chi connectivity index (χ1) is 12.4. The Bertz CT molecular complexity index is 455. The maximum atomic E-state index is 2.42. The highest BCUT2D eigenvalue weighted by Gasteiger charge is 2.50. The van der Waals surface area contributed by atoms with Gasteiger partial charge in [-0.1, -0.05) is 79.3 Å². The van der Waals surface area contributed by atoms with E-state index in [0.717, 1.165) is 35.0 Å². The third-order valence-corrected chi connectivity index (χ3v) is 6.49. The van der Waals surface area contributed by atoms with E-state index in [-0.39, 0.29) is 7.43 Å². The molecule has 0 N–H and O–H groups in total. The fourth-order valence-electron chi connectivity index (χ4n) is 6.49. The normalized spacial score (nSPS) is 30.1. The lowest BCUT2D eigenvalue weighted by Crippen LogP contribution is -2.46. The minimum absolute atomic E-state index is 0. The van der Waals surface area contributed by atoms with Crippen LogP contribution in [0, 0.1) is 35.0 Å². The third kappa shape index (κ3) is 7.28. The molecule has 27 heavy (non-hydrogen) atoms. The van der Waals surface area contributed by atoms with Gasteiger partial charge in [0, 0.05) is 0 Å². The summed E-state index contributed by atoms with van der Waals surface area (Å²) in [6, 6.07) is 10.6. The quantitative estimate of drug-likeness (QED) is 0.495. The molecule has 0 atom stereocenters. The van der Waals surface area contributed by atoms with Crippen molar-refractivity contribution in [2.45, 2.75) is 100 Å². The van der Waals surface area contributed by atoms with Crippen LogP contribution >= 0.6 is 0 Å². The van der Waals surface area contributed by atoms with Gasteiger partial charge in [0.1, 0.15) is 0 Å². The predicted molar refractivity (Wildman–Crippen MR) is 123 cm³/mol. The Balaban J connectivity index is 0.000000251. The molecule has 1 aromatic carbocycles. The van der Waals surface area contributed by atoms with Gasteiger partial charge in [-0.05, 0) is 91.9 Å².